The predicted molar refractivity (Wildman–Crippen MR) is 77.2 cm³/mol. The first-order valence-electron chi connectivity index (χ1n) is 6.11. The van der Waals surface area contributed by atoms with Crippen LogP contribution in [-0.2, 0) is 0 Å². The molecule has 1 aromatic carbocycles. The summed E-state index contributed by atoms with van der Waals surface area (Å²) in [7, 11) is 3.20. The topological polar surface area (TPSA) is 100 Å². The molecule has 0 saturated heterocycles. The summed E-state index contributed by atoms with van der Waals surface area (Å²) >= 11 is 0. The Morgan fingerprint density at radius 2 is 2.30 bits per heavy atom. The minimum absolute atomic E-state index is 0.0889. The third kappa shape index (κ3) is 4.34. The average Bonchev–Trinajstić information content (AvgIpc) is 2.46. The van der Waals surface area contributed by atoms with E-state index >= 15 is 0 Å². The largest absolute Gasteiger partial charge is 0.497 e. The fourth-order valence-electron chi connectivity index (χ4n) is 1.61. The Bertz CT molecular complexity index is 490. The molecule has 7 nitrogen and oxygen atoms in total. The van der Waals surface area contributed by atoms with E-state index in [9.17, 15) is 4.79 Å². The lowest BCUT2D eigenvalue weighted by molar-refractivity contribution is 0.219. The highest BCUT2D eigenvalue weighted by Crippen LogP contribution is 2.17. The number of hydrogen-bond donors (Lipinski definition) is 3. The van der Waals surface area contributed by atoms with Crippen LogP contribution >= 0.6 is 0 Å². The van der Waals surface area contributed by atoms with Crippen LogP contribution in [0.1, 0.15) is 6.92 Å². The van der Waals surface area contributed by atoms with Gasteiger partial charge in [-0.2, -0.15) is 0 Å². The highest BCUT2D eigenvalue weighted by atomic mass is 16.5. The monoisotopic (exact) mass is 280 g/mol. The molecule has 2 amide bonds. The van der Waals surface area contributed by atoms with Crippen molar-refractivity contribution in [1.82, 2.24) is 4.90 Å². The summed E-state index contributed by atoms with van der Waals surface area (Å²) in [5.74, 6) is 0.516. The van der Waals surface area contributed by atoms with Gasteiger partial charge in [0.05, 0.1) is 7.11 Å². The van der Waals surface area contributed by atoms with E-state index in [2.05, 4.69) is 10.5 Å². The minimum Gasteiger partial charge on any atom is -0.497 e. The van der Waals surface area contributed by atoms with E-state index in [1.165, 1.54) is 4.90 Å². The van der Waals surface area contributed by atoms with Gasteiger partial charge in [-0.05, 0) is 12.1 Å². The van der Waals surface area contributed by atoms with E-state index in [-0.39, 0.29) is 17.8 Å². The molecule has 20 heavy (non-hydrogen) atoms. The molecule has 0 saturated carbocycles. The lowest BCUT2D eigenvalue weighted by atomic mass is 10.1. The molecule has 0 fully saturated rings. The van der Waals surface area contributed by atoms with Crippen LogP contribution in [0, 0.1) is 5.92 Å². The molecular formula is C13H20N4O3. The Morgan fingerprint density at radius 3 is 2.90 bits per heavy atom. The van der Waals surface area contributed by atoms with Crippen LogP contribution in [0.15, 0.2) is 29.4 Å². The summed E-state index contributed by atoms with van der Waals surface area (Å²) in [4.78, 5) is 13.4. The Hall–Kier alpha value is -2.44. The number of oxime groups is 1. The van der Waals surface area contributed by atoms with Crippen molar-refractivity contribution in [1.29, 1.82) is 0 Å². The maximum absolute atomic E-state index is 12.0. The van der Waals surface area contributed by atoms with Crippen molar-refractivity contribution < 1.29 is 14.7 Å². The van der Waals surface area contributed by atoms with Gasteiger partial charge in [0.15, 0.2) is 0 Å². The van der Waals surface area contributed by atoms with Crippen LogP contribution in [0.4, 0.5) is 10.5 Å². The van der Waals surface area contributed by atoms with Gasteiger partial charge < -0.3 is 25.9 Å². The van der Waals surface area contributed by atoms with E-state index in [1.807, 2.05) is 0 Å². The Balaban J connectivity index is 2.61. The van der Waals surface area contributed by atoms with Gasteiger partial charge in [0.1, 0.15) is 11.6 Å². The van der Waals surface area contributed by atoms with Gasteiger partial charge in [-0.15, -0.1) is 0 Å². The number of benzene rings is 1. The summed E-state index contributed by atoms with van der Waals surface area (Å²) < 4.78 is 5.08. The number of rotatable bonds is 5. The molecule has 0 bridgehead atoms. The first-order chi connectivity index (χ1) is 9.47. The third-order valence-corrected chi connectivity index (χ3v) is 2.84. The number of carbonyl (C=O) groups excluding carboxylic acids is 1. The van der Waals surface area contributed by atoms with Gasteiger partial charge in [-0.1, -0.05) is 18.1 Å². The van der Waals surface area contributed by atoms with Gasteiger partial charge in [-0.3, -0.25) is 0 Å². The number of nitrogens with one attached hydrogen (secondary N) is 1. The second-order valence-electron chi connectivity index (χ2n) is 4.47. The number of nitrogens with two attached hydrogens (primary N) is 1. The molecule has 0 radical (unpaired) electrons. The van der Waals surface area contributed by atoms with Crippen molar-refractivity contribution in [2.45, 2.75) is 6.92 Å². The summed E-state index contributed by atoms with van der Waals surface area (Å²) in [5, 5.41) is 14.2. The Labute approximate surface area is 118 Å². The number of amidine groups is 1. The normalized spacial score (nSPS) is 12.7. The summed E-state index contributed by atoms with van der Waals surface area (Å²) in [5.41, 5.74) is 6.12. The highest BCUT2D eigenvalue weighted by Gasteiger charge is 2.15. The molecule has 4 N–H and O–H groups in total. The van der Waals surface area contributed by atoms with E-state index in [0.29, 0.717) is 18.0 Å². The first kappa shape index (κ1) is 15.6. The van der Waals surface area contributed by atoms with Crippen molar-refractivity contribution in [2.24, 2.45) is 16.8 Å². The van der Waals surface area contributed by atoms with E-state index in [4.69, 9.17) is 15.7 Å². The van der Waals surface area contributed by atoms with Gasteiger partial charge >= 0.3 is 6.03 Å². The molecular weight excluding hydrogens is 260 g/mol. The molecule has 1 rings (SSSR count). The smallest absolute Gasteiger partial charge is 0.321 e. The van der Waals surface area contributed by atoms with Crippen LogP contribution in [0.2, 0.25) is 0 Å². The van der Waals surface area contributed by atoms with Crippen LogP contribution in [-0.4, -0.2) is 42.7 Å². The van der Waals surface area contributed by atoms with Crippen molar-refractivity contribution in [3.05, 3.63) is 24.3 Å². The van der Waals surface area contributed by atoms with Crippen molar-refractivity contribution in [3.8, 4) is 5.75 Å². The van der Waals surface area contributed by atoms with Crippen LogP contribution in [0.5, 0.6) is 5.75 Å². The molecule has 0 aliphatic heterocycles. The SMILES string of the molecule is COc1cccc(NC(=O)N(C)CC(C)C(N)=NO)c1. The number of nitrogens with zero attached hydrogens (tertiary/aromatic N) is 2. The fraction of sp³-hybridized carbons (Fsp3) is 0.385. The molecule has 0 aliphatic carbocycles. The summed E-state index contributed by atoms with van der Waals surface area (Å²) in [6.07, 6.45) is 0. The van der Waals surface area contributed by atoms with Gasteiger partial charge in [0.25, 0.3) is 0 Å². The highest BCUT2D eigenvalue weighted by molar-refractivity contribution is 5.90. The number of hydrogen-bond acceptors (Lipinski definition) is 4. The molecule has 0 spiro atoms. The van der Waals surface area contributed by atoms with Gasteiger partial charge in [0.2, 0.25) is 0 Å². The number of urea groups is 1. The molecule has 0 aromatic heterocycles. The van der Waals surface area contributed by atoms with Gasteiger partial charge in [0, 0.05) is 31.3 Å². The number of carbonyl (C=O) groups is 1. The molecule has 0 heterocycles. The zero-order valence-electron chi connectivity index (χ0n) is 11.8. The number of ether oxygens (including phenoxy) is 1. The molecule has 110 valence electrons. The van der Waals surface area contributed by atoms with Crippen molar-refractivity contribution in [3.63, 3.8) is 0 Å². The summed E-state index contributed by atoms with van der Waals surface area (Å²) in [6.45, 7) is 2.11. The standard InChI is InChI=1S/C13H20N4O3/c1-9(12(14)16-19)8-17(2)13(18)15-10-5-4-6-11(7-10)20-3/h4-7,9,19H,8H2,1-3H3,(H2,14,16)(H,15,18). The fourth-order valence-corrected chi connectivity index (χ4v) is 1.61. The zero-order valence-corrected chi connectivity index (χ0v) is 11.8. The predicted octanol–water partition coefficient (Wildman–Crippen LogP) is 1.54. The quantitative estimate of drug-likeness (QED) is 0.329. The lowest BCUT2D eigenvalue weighted by Crippen LogP contribution is -2.38. The molecule has 1 aromatic rings. The van der Waals surface area contributed by atoms with E-state index in [1.54, 1.807) is 45.3 Å². The maximum Gasteiger partial charge on any atom is 0.321 e. The number of amides is 2. The zero-order chi connectivity index (χ0) is 15.1. The third-order valence-electron chi connectivity index (χ3n) is 2.84. The first-order valence-corrected chi connectivity index (χ1v) is 6.11. The number of methoxy groups -OCH3 is 1. The Morgan fingerprint density at radius 1 is 1.60 bits per heavy atom. The second-order valence-corrected chi connectivity index (χ2v) is 4.47. The molecule has 1 atom stereocenters. The van der Waals surface area contributed by atoms with Crippen LogP contribution < -0.4 is 15.8 Å². The summed E-state index contributed by atoms with van der Waals surface area (Å²) in [6, 6.07) is 6.78. The molecule has 0 aliphatic rings. The van der Waals surface area contributed by atoms with Crippen LogP contribution in [0.3, 0.4) is 0 Å². The molecule has 1 unspecified atom stereocenters. The maximum atomic E-state index is 12.0. The second kappa shape index (κ2) is 7.22. The van der Waals surface area contributed by atoms with E-state index < -0.39 is 0 Å². The van der Waals surface area contributed by atoms with Crippen LogP contribution in [0.25, 0.3) is 0 Å². The molecule has 7 heteroatoms. The van der Waals surface area contributed by atoms with Crippen molar-refractivity contribution in [2.75, 3.05) is 26.0 Å². The van der Waals surface area contributed by atoms with E-state index in [0.717, 1.165) is 0 Å². The lowest BCUT2D eigenvalue weighted by Gasteiger charge is -2.21. The Kier molecular flexibility index (Phi) is 5.64. The van der Waals surface area contributed by atoms with Crippen molar-refractivity contribution >= 4 is 17.6 Å². The minimum atomic E-state index is -0.282. The van der Waals surface area contributed by atoms with Gasteiger partial charge in [-0.25, -0.2) is 4.79 Å². The average molecular weight is 280 g/mol. The number of anilines is 1.